The van der Waals surface area contributed by atoms with E-state index in [0.717, 1.165) is 12.1 Å². The normalized spacial score (nSPS) is 19.3. The third kappa shape index (κ3) is 4.36. The summed E-state index contributed by atoms with van der Waals surface area (Å²) in [6.07, 6.45) is -3.32. The van der Waals surface area contributed by atoms with Gasteiger partial charge in [-0.1, -0.05) is 0 Å². The zero-order valence-corrected chi connectivity index (χ0v) is 16.2. The Morgan fingerprint density at radius 1 is 1.24 bits per heavy atom. The second-order valence-electron chi connectivity index (χ2n) is 7.30. The number of carbonyl (C=O) groups is 3. The highest BCUT2D eigenvalue weighted by Crippen LogP contribution is 2.37. The highest BCUT2D eigenvalue weighted by atomic mass is 19.4. The molecule has 2 aliphatic heterocycles. The Kier molecular flexibility index (Phi) is 5.83. The Morgan fingerprint density at radius 2 is 1.90 bits per heavy atom. The second kappa shape index (κ2) is 8.02. The minimum absolute atomic E-state index is 0.0225. The minimum atomic E-state index is -4.55. The Bertz CT molecular complexity index is 819. The molecule has 1 aromatic rings. The van der Waals surface area contributed by atoms with Gasteiger partial charge < -0.3 is 10.6 Å². The Morgan fingerprint density at radius 3 is 2.48 bits per heavy atom. The average molecular weight is 412 g/mol. The van der Waals surface area contributed by atoms with Gasteiger partial charge in [-0.2, -0.15) is 13.2 Å². The van der Waals surface area contributed by atoms with E-state index >= 15 is 0 Å². The molecule has 1 fully saturated rings. The van der Waals surface area contributed by atoms with E-state index in [0.29, 0.717) is 25.9 Å². The number of fused-ring (bicyclic) bond motifs is 1. The molecule has 29 heavy (non-hydrogen) atoms. The molecule has 1 aromatic carbocycles. The van der Waals surface area contributed by atoms with Crippen molar-refractivity contribution >= 4 is 29.1 Å². The Labute approximate surface area is 166 Å². The summed E-state index contributed by atoms with van der Waals surface area (Å²) in [6.45, 7) is 2.55. The number of hydrogen-bond donors (Lipinski definition) is 2. The van der Waals surface area contributed by atoms with Crippen molar-refractivity contribution in [3.05, 3.63) is 23.8 Å². The average Bonchev–Trinajstić information content (AvgIpc) is 2.70. The topological polar surface area (TPSA) is 81.8 Å². The van der Waals surface area contributed by atoms with Gasteiger partial charge in [0.05, 0.1) is 23.0 Å². The number of nitrogens with one attached hydrogen (secondary N) is 2. The van der Waals surface area contributed by atoms with Gasteiger partial charge in [0.25, 0.3) is 0 Å². The molecule has 0 radical (unpaired) electrons. The molecule has 3 rings (SSSR count). The van der Waals surface area contributed by atoms with Crippen molar-refractivity contribution in [2.75, 3.05) is 36.9 Å². The van der Waals surface area contributed by atoms with Gasteiger partial charge >= 0.3 is 6.18 Å². The Hall–Kier alpha value is -2.62. The number of alkyl halides is 3. The van der Waals surface area contributed by atoms with Crippen molar-refractivity contribution in [2.24, 2.45) is 5.92 Å². The SMILES string of the molecule is CNC(=O)C1CCN([C@H](C)C(=O)N2CC(=O)Nc3cc(C(F)(F)F)ccc32)CC1. The lowest BCUT2D eigenvalue weighted by atomic mass is 9.95. The number of rotatable bonds is 3. The van der Waals surface area contributed by atoms with Crippen LogP contribution >= 0.6 is 0 Å². The standard InChI is InChI=1S/C19H23F3N4O3/c1-11(25-7-5-12(6-8-25)17(28)23-2)18(29)26-10-16(27)24-14-9-13(19(20,21)22)3-4-15(14)26/h3-4,9,11-12H,5-8,10H2,1-2H3,(H,23,28)(H,24,27)/t11-/m1/s1. The predicted octanol–water partition coefficient (Wildman–Crippen LogP) is 1.84. The summed E-state index contributed by atoms with van der Waals surface area (Å²) in [7, 11) is 1.59. The molecule has 158 valence electrons. The van der Waals surface area contributed by atoms with Crippen molar-refractivity contribution < 1.29 is 27.6 Å². The summed E-state index contributed by atoms with van der Waals surface area (Å²) in [5, 5.41) is 5.04. The third-order valence-electron chi connectivity index (χ3n) is 5.51. The highest BCUT2D eigenvalue weighted by molar-refractivity contribution is 6.11. The van der Waals surface area contributed by atoms with E-state index in [4.69, 9.17) is 0 Å². The molecule has 0 bridgehead atoms. The number of carbonyl (C=O) groups excluding carboxylic acids is 3. The molecule has 2 heterocycles. The van der Waals surface area contributed by atoms with Crippen LogP contribution in [0.2, 0.25) is 0 Å². The maximum absolute atomic E-state index is 13.1. The van der Waals surface area contributed by atoms with E-state index in [1.807, 2.05) is 4.90 Å². The lowest BCUT2D eigenvalue weighted by Crippen LogP contribution is -2.53. The third-order valence-corrected chi connectivity index (χ3v) is 5.51. The molecule has 0 unspecified atom stereocenters. The van der Waals surface area contributed by atoms with Crippen LogP contribution in [0.15, 0.2) is 18.2 Å². The van der Waals surface area contributed by atoms with E-state index in [1.54, 1.807) is 14.0 Å². The molecule has 1 saturated heterocycles. The van der Waals surface area contributed by atoms with E-state index in [-0.39, 0.29) is 35.7 Å². The highest BCUT2D eigenvalue weighted by Gasteiger charge is 2.37. The van der Waals surface area contributed by atoms with Crippen molar-refractivity contribution in [1.82, 2.24) is 10.2 Å². The maximum Gasteiger partial charge on any atom is 0.416 e. The fourth-order valence-electron chi connectivity index (χ4n) is 3.80. The molecular weight excluding hydrogens is 389 g/mol. The fourth-order valence-corrected chi connectivity index (χ4v) is 3.80. The first-order chi connectivity index (χ1) is 13.6. The first-order valence-electron chi connectivity index (χ1n) is 9.40. The van der Waals surface area contributed by atoms with Gasteiger partial charge in [-0.05, 0) is 51.1 Å². The van der Waals surface area contributed by atoms with Crippen molar-refractivity contribution in [3.8, 4) is 0 Å². The van der Waals surface area contributed by atoms with Crippen LogP contribution in [0, 0.1) is 5.92 Å². The number of halogens is 3. The van der Waals surface area contributed by atoms with E-state index in [2.05, 4.69) is 10.6 Å². The number of anilines is 2. The summed E-state index contributed by atoms with van der Waals surface area (Å²) in [6, 6.07) is 2.38. The number of benzene rings is 1. The minimum Gasteiger partial charge on any atom is -0.359 e. The lowest BCUT2D eigenvalue weighted by Gasteiger charge is -2.38. The van der Waals surface area contributed by atoms with Gasteiger partial charge in [0.15, 0.2) is 0 Å². The number of amides is 3. The number of hydrogen-bond acceptors (Lipinski definition) is 4. The van der Waals surface area contributed by atoms with Gasteiger partial charge in [-0.25, -0.2) is 0 Å². The predicted molar refractivity (Wildman–Crippen MR) is 100 cm³/mol. The molecule has 0 spiro atoms. The smallest absolute Gasteiger partial charge is 0.359 e. The first kappa shape index (κ1) is 21.1. The van der Waals surface area contributed by atoms with Gasteiger partial charge in [-0.3, -0.25) is 24.2 Å². The van der Waals surface area contributed by atoms with Gasteiger partial charge in [0.2, 0.25) is 17.7 Å². The molecule has 2 aliphatic rings. The van der Waals surface area contributed by atoms with E-state index < -0.39 is 23.7 Å². The lowest BCUT2D eigenvalue weighted by molar-refractivity contribution is -0.137. The van der Waals surface area contributed by atoms with Crippen LogP contribution in [0.4, 0.5) is 24.5 Å². The molecule has 1 atom stereocenters. The summed E-state index contributed by atoms with van der Waals surface area (Å²) in [5.74, 6) is -1.03. The number of likely N-dealkylation sites (tertiary alicyclic amines) is 1. The molecule has 10 heteroatoms. The molecule has 7 nitrogen and oxygen atoms in total. The maximum atomic E-state index is 13.1. The van der Waals surface area contributed by atoms with Crippen LogP contribution in [0.25, 0.3) is 0 Å². The largest absolute Gasteiger partial charge is 0.416 e. The second-order valence-corrected chi connectivity index (χ2v) is 7.30. The number of nitrogens with zero attached hydrogens (tertiary/aromatic N) is 2. The van der Waals surface area contributed by atoms with E-state index in [9.17, 15) is 27.6 Å². The zero-order chi connectivity index (χ0) is 21.3. The summed E-state index contributed by atoms with van der Waals surface area (Å²) in [4.78, 5) is 40.0. The summed E-state index contributed by atoms with van der Waals surface area (Å²) < 4.78 is 38.9. The molecule has 2 N–H and O–H groups in total. The number of piperidine rings is 1. The quantitative estimate of drug-likeness (QED) is 0.794. The molecule has 0 aromatic heterocycles. The summed E-state index contributed by atoms with van der Waals surface area (Å²) in [5.41, 5.74) is -0.681. The van der Waals surface area contributed by atoms with Gasteiger partial charge in [0.1, 0.15) is 6.54 Å². The van der Waals surface area contributed by atoms with Crippen LogP contribution in [0.3, 0.4) is 0 Å². The molecule has 3 amide bonds. The van der Waals surface area contributed by atoms with E-state index in [1.165, 1.54) is 11.0 Å². The van der Waals surface area contributed by atoms with Crippen molar-refractivity contribution in [2.45, 2.75) is 32.0 Å². The van der Waals surface area contributed by atoms with Crippen LogP contribution in [-0.2, 0) is 20.6 Å². The van der Waals surface area contributed by atoms with Crippen molar-refractivity contribution in [3.63, 3.8) is 0 Å². The molecule has 0 aliphatic carbocycles. The zero-order valence-electron chi connectivity index (χ0n) is 16.2. The van der Waals surface area contributed by atoms with Crippen LogP contribution in [0.5, 0.6) is 0 Å². The summed E-state index contributed by atoms with van der Waals surface area (Å²) >= 11 is 0. The fraction of sp³-hybridized carbons (Fsp3) is 0.526. The molecule has 0 saturated carbocycles. The van der Waals surface area contributed by atoms with Crippen LogP contribution < -0.4 is 15.5 Å². The monoisotopic (exact) mass is 412 g/mol. The van der Waals surface area contributed by atoms with Crippen molar-refractivity contribution in [1.29, 1.82) is 0 Å². The van der Waals surface area contributed by atoms with Crippen LogP contribution in [-0.4, -0.2) is 55.3 Å². The van der Waals surface area contributed by atoms with Crippen LogP contribution in [0.1, 0.15) is 25.3 Å². The molecular formula is C19H23F3N4O3. The first-order valence-corrected chi connectivity index (χ1v) is 9.40. The van der Waals surface area contributed by atoms with Gasteiger partial charge in [0, 0.05) is 13.0 Å². The Balaban J connectivity index is 1.76. The van der Waals surface area contributed by atoms with Gasteiger partial charge in [-0.15, -0.1) is 0 Å².